The summed E-state index contributed by atoms with van der Waals surface area (Å²) >= 11 is 1.61. The Bertz CT molecular complexity index is 688. The maximum Gasteiger partial charge on any atom is 0.153 e. The van der Waals surface area contributed by atoms with E-state index in [9.17, 15) is 4.79 Å². The molecule has 94 valence electrons. The van der Waals surface area contributed by atoms with Crippen LogP contribution in [0.5, 0.6) is 5.75 Å². The zero-order valence-electron chi connectivity index (χ0n) is 10.1. The number of nitrogens with zero attached hydrogens (tertiary/aromatic N) is 1. The van der Waals surface area contributed by atoms with Crippen molar-refractivity contribution in [3.05, 3.63) is 59.1 Å². The smallest absolute Gasteiger partial charge is 0.153 e. The lowest BCUT2D eigenvalue weighted by Crippen LogP contribution is -1.97. The number of aromatic nitrogens is 1. The molecule has 0 amide bonds. The van der Waals surface area contributed by atoms with Gasteiger partial charge in [0.1, 0.15) is 17.4 Å². The zero-order valence-corrected chi connectivity index (χ0v) is 10.9. The molecule has 0 fully saturated rings. The summed E-state index contributed by atoms with van der Waals surface area (Å²) in [7, 11) is 0. The predicted molar refractivity (Wildman–Crippen MR) is 75.8 cm³/mol. The number of thiazole rings is 1. The topological polar surface area (TPSA) is 39.2 Å². The molecule has 0 saturated carbocycles. The lowest BCUT2D eigenvalue weighted by Gasteiger charge is -2.05. The SMILES string of the molecule is O=Cc1ccccc1OCc1nc2ccccc2s1. The molecule has 3 aromatic rings. The summed E-state index contributed by atoms with van der Waals surface area (Å²) in [6.45, 7) is 0.379. The first-order chi connectivity index (χ1) is 9.36. The number of benzene rings is 2. The molecule has 19 heavy (non-hydrogen) atoms. The van der Waals surface area contributed by atoms with Crippen molar-refractivity contribution in [3.63, 3.8) is 0 Å². The second-order valence-electron chi connectivity index (χ2n) is 4.02. The number of fused-ring (bicyclic) bond motifs is 1. The summed E-state index contributed by atoms with van der Waals surface area (Å²) in [5.41, 5.74) is 1.54. The number of carbonyl (C=O) groups is 1. The average Bonchev–Trinajstić information content (AvgIpc) is 2.88. The van der Waals surface area contributed by atoms with E-state index in [2.05, 4.69) is 4.98 Å². The molecular weight excluding hydrogens is 258 g/mol. The fraction of sp³-hybridized carbons (Fsp3) is 0.0667. The van der Waals surface area contributed by atoms with Crippen LogP contribution in [-0.4, -0.2) is 11.3 Å². The van der Waals surface area contributed by atoms with Crippen LogP contribution < -0.4 is 4.74 Å². The number of ether oxygens (including phenoxy) is 1. The van der Waals surface area contributed by atoms with Crippen molar-refractivity contribution >= 4 is 27.8 Å². The van der Waals surface area contributed by atoms with Gasteiger partial charge < -0.3 is 4.74 Å². The lowest BCUT2D eigenvalue weighted by atomic mass is 10.2. The molecule has 0 saturated heterocycles. The highest BCUT2D eigenvalue weighted by Gasteiger charge is 2.06. The van der Waals surface area contributed by atoms with Gasteiger partial charge in [0, 0.05) is 0 Å². The molecule has 2 aromatic carbocycles. The van der Waals surface area contributed by atoms with E-state index in [1.54, 1.807) is 23.5 Å². The Kier molecular flexibility index (Phi) is 3.25. The summed E-state index contributed by atoms with van der Waals surface area (Å²) < 4.78 is 6.80. The molecule has 3 nitrogen and oxygen atoms in total. The van der Waals surface area contributed by atoms with Crippen LogP contribution in [-0.2, 0) is 6.61 Å². The van der Waals surface area contributed by atoms with Crippen LogP contribution >= 0.6 is 11.3 Å². The molecule has 0 aliphatic heterocycles. The molecule has 1 heterocycles. The molecule has 0 radical (unpaired) electrons. The maximum atomic E-state index is 10.9. The van der Waals surface area contributed by atoms with E-state index in [-0.39, 0.29) is 0 Å². The highest BCUT2D eigenvalue weighted by Crippen LogP contribution is 2.23. The van der Waals surface area contributed by atoms with Crippen LogP contribution in [0.1, 0.15) is 15.4 Å². The zero-order chi connectivity index (χ0) is 13.1. The summed E-state index contributed by atoms with van der Waals surface area (Å²) in [6.07, 6.45) is 0.799. The fourth-order valence-electron chi connectivity index (χ4n) is 1.83. The van der Waals surface area contributed by atoms with Gasteiger partial charge in [-0.2, -0.15) is 0 Å². The van der Waals surface area contributed by atoms with Gasteiger partial charge in [-0.1, -0.05) is 24.3 Å². The van der Waals surface area contributed by atoms with Crippen LogP contribution in [0.4, 0.5) is 0 Å². The first kappa shape index (κ1) is 11.9. The number of hydrogen-bond acceptors (Lipinski definition) is 4. The van der Waals surface area contributed by atoms with Gasteiger partial charge in [0.25, 0.3) is 0 Å². The minimum Gasteiger partial charge on any atom is -0.486 e. The largest absolute Gasteiger partial charge is 0.486 e. The number of rotatable bonds is 4. The summed E-state index contributed by atoms with van der Waals surface area (Å²) in [6, 6.07) is 15.2. The average molecular weight is 269 g/mol. The van der Waals surface area contributed by atoms with E-state index in [1.165, 1.54) is 0 Å². The monoisotopic (exact) mass is 269 g/mol. The second-order valence-corrected chi connectivity index (χ2v) is 5.13. The lowest BCUT2D eigenvalue weighted by molar-refractivity contribution is 0.111. The fourth-order valence-corrected chi connectivity index (χ4v) is 2.71. The van der Waals surface area contributed by atoms with Crippen LogP contribution in [0, 0.1) is 0 Å². The Labute approximate surface area is 114 Å². The molecular formula is C15H11NO2S. The van der Waals surface area contributed by atoms with E-state index >= 15 is 0 Å². The van der Waals surface area contributed by atoms with Crippen molar-refractivity contribution in [2.75, 3.05) is 0 Å². The van der Waals surface area contributed by atoms with Crippen LogP contribution in [0.25, 0.3) is 10.2 Å². The van der Waals surface area contributed by atoms with Gasteiger partial charge >= 0.3 is 0 Å². The highest BCUT2D eigenvalue weighted by atomic mass is 32.1. The van der Waals surface area contributed by atoms with Crippen LogP contribution in [0.3, 0.4) is 0 Å². The molecule has 0 atom stereocenters. The molecule has 0 bridgehead atoms. The Morgan fingerprint density at radius 3 is 2.74 bits per heavy atom. The van der Waals surface area contributed by atoms with E-state index in [0.29, 0.717) is 17.9 Å². The van der Waals surface area contributed by atoms with Gasteiger partial charge in [0.15, 0.2) is 6.29 Å². The summed E-state index contributed by atoms with van der Waals surface area (Å²) in [4.78, 5) is 15.4. The number of para-hydroxylation sites is 2. The van der Waals surface area contributed by atoms with Crippen LogP contribution in [0.2, 0.25) is 0 Å². The van der Waals surface area contributed by atoms with Crippen molar-refractivity contribution in [3.8, 4) is 5.75 Å². The minimum absolute atomic E-state index is 0.379. The first-order valence-corrected chi connectivity index (χ1v) is 6.70. The standard InChI is InChI=1S/C15H11NO2S/c17-9-11-5-1-3-7-13(11)18-10-15-16-12-6-2-4-8-14(12)19-15/h1-9H,10H2. The summed E-state index contributed by atoms with van der Waals surface area (Å²) in [5.74, 6) is 0.594. The summed E-state index contributed by atoms with van der Waals surface area (Å²) in [5, 5.41) is 0.905. The minimum atomic E-state index is 0.379. The Balaban J connectivity index is 1.80. The number of aldehydes is 1. The highest BCUT2D eigenvalue weighted by molar-refractivity contribution is 7.18. The predicted octanol–water partition coefficient (Wildman–Crippen LogP) is 3.69. The van der Waals surface area contributed by atoms with Gasteiger partial charge in [0.05, 0.1) is 15.8 Å². The van der Waals surface area contributed by atoms with Crippen molar-refractivity contribution in [1.82, 2.24) is 4.98 Å². The van der Waals surface area contributed by atoms with E-state index < -0.39 is 0 Å². The van der Waals surface area contributed by atoms with Gasteiger partial charge in [-0.25, -0.2) is 4.98 Å². The number of carbonyl (C=O) groups excluding carboxylic acids is 1. The molecule has 0 N–H and O–H groups in total. The third kappa shape index (κ3) is 2.48. The normalized spacial score (nSPS) is 10.5. The van der Waals surface area contributed by atoms with E-state index in [0.717, 1.165) is 21.5 Å². The Morgan fingerprint density at radius 2 is 1.89 bits per heavy atom. The molecule has 0 spiro atoms. The van der Waals surface area contributed by atoms with Crippen molar-refractivity contribution < 1.29 is 9.53 Å². The van der Waals surface area contributed by atoms with Crippen LogP contribution in [0.15, 0.2) is 48.5 Å². The van der Waals surface area contributed by atoms with Gasteiger partial charge in [-0.05, 0) is 24.3 Å². The molecule has 0 aliphatic rings. The third-order valence-corrected chi connectivity index (χ3v) is 3.75. The van der Waals surface area contributed by atoms with E-state index in [1.807, 2.05) is 36.4 Å². The van der Waals surface area contributed by atoms with Gasteiger partial charge in [-0.15, -0.1) is 11.3 Å². The molecule has 1 aromatic heterocycles. The molecule has 0 unspecified atom stereocenters. The number of hydrogen-bond donors (Lipinski definition) is 0. The second kappa shape index (κ2) is 5.20. The third-order valence-electron chi connectivity index (χ3n) is 2.74. The Hall–Kier alpha value is -2.20. The molecule has 3 rings (SSSR count). The van der Waals surface area contributed by atoms with Crippen molar-refractivity contribution in [2.45, 2.75) is 6.61 Å². The Morgan fingerprint density at radius 1 is 1.11 bits per heavy atom. The van der Waals surface area contributed by atoms with Crippen molar-refractivity contribution in [1.29, 1.82) is 0 Å². The van der Waals surface area contributed by atoms with Gasteiger partial charge in [0.2, 0.25) is 0 Å². The first-order valence-electron chi connectivity index (χ1n) is 5.88. The maximum absolute atomic E-state index is 10.9. The van der Waals surface area contributed by atoms with Gasteiger partial charge in [-0.3, -0.25) is 4.79 Å². The molecule has 4 heteroatoms. The quantitative estimate of drug-likeness (QED) is 0.678. The van der Waals surface area contributed by atoms with E-state index in [4.69, 9.17) is 4.74 Å². The van der Waals surface area contributed by atoms with Crippen molar-refractivity contribution in [2.24, 2.45) is 0 Å². The molecule has 0 aliphatic carbocycles.